The van der Waals surface area contributed by atoms with Gasteiger partial charge in [-0.15, -0.1) is 0 Å². The Morgan fingerprint density at radius 3 is 1.66 bits per heavy atom. The Kier molecular flexibility index (Phi) is 17.1. The lowest BCUT2D eigenvalue weighted by molar-refractivity contribution is -0.295. The van der Waals surface area contributed by atoms with Gasteiger partial charge in [-0.2, -0.15) is 0 Å². The van der Waals surface area contributed by atoms with Gasteiger partial charge in [0.15, 0.2) is 6.29 Å². The zero-order chi connectivity index (χ0) is 23.6. The highest BCUT2D eigenvalue weighted by Crippen LogP contribution is 2.22. The van der Waals surface area contributed by atoms with Gasteiger partial charge in [-0.1, -0.05) is 96.8 Å². The summed E-state index contributed by atoms with van der Waals surface area (Å²) in [5.41, 5.74) is 0. The summed E-state index contributed by atoms with van der Waals surface area (Å²) < 4.78 is 15.5. The van der Waals surface area contributed by atoms with Crippen molar-refractivity contribution in [3.8, 4) is 0 Å². The number of hydrogen-bond acceptors (Lipinski definition) is 7. The van der Waals surface area contributed by atoms with Crippen molar-refractivity contribution in [2.75, 3.05) is 13.7 Å². The quantitative estimate of drug-likeness (QED) is 0.195. The monoisotopic (exact) mass is 460 g/mol. The highest BCUT2D eigenvalue weighted by Gasteiger charge is 2.44. The third-order valence-corrected chi connectivity index (χ3v) is 6.29. The van der Waals surface area contributed by atoms with Crippen LogP contribution in [-0.4, -0.2) is 65.7 Å². The van der Waals surface area contributed by atoms with Crippen molar-refractivity contribution in [3.63, 3.8) is 0 Å². The molecule has 0 aromatic heterocycles. The summed E-state index contributed by atoms with van der Waals surface area (Å²) in [6.45, 7) is 2.08. The second-order valence-electron chi connectivity index (χ2n) is 9.13. The molecule has 1 rings (SSSR count). The van der Waals surface area contributed by atoms with Crippen LogP contribution >= 0.6 is 0 Å². The number of unbranched alkanes of at least 4 members (excludes halogenated alkanes) is 14. The van der Waals surface area contributed by atoms with Gasteiger partial charge in [0, 0.05) is 13.5 Å². The van der Waals surface area contributed by atoms with E-state index in [9.17, 15) is 20.1 Å². The first-order valence-corrected chi connectivity index (χ1v) is 12.9. The van der Waals surface area contributed by atoms with Crippen LogP contribution in [0.4, 0.5) is 0 Å². The average molecular weight is 461 g/mol. The molecule has 5 atom stereocenters. The number of rotatable bonds is 19. The van der Waals surface area contributed by atoms with Crippen LogP contribution in [0.3, 0.4) is 0 Å². The summed E-state index contributed by atoms with van der Waals surface area (Å²) in [5, 5.41) is 29.5. The van der Waals surface area contributed by atoms with Gasteiger partial charge in [0.1, 0.15) is 31.0 Å². The maximum atomic E-state index is 11.9. The van der Waals surface area contributed by atoms with Crippen molar-refractivity contribution in [3.05, 3.63) is 0 Å². The minimum atomic E-state index is -1.41. The normalized spacial score (nSPS) is 25.7. The molecular weight excluding hydrogens is 412 g/mol. The first-order valence-electron chi connectivity index (χ1n) is 12.9. The molecule has 0 amide bonds. The Bertz CT molecular complexity index is 458. The van der Waals surface area contributed by atoms with Crippen molar-refractivity contribution >= 4 is 5.97 Å². The highest BCUT2D eigenvalue weighted by atomic mass is 16.7. The SMILES string of the molecule is CCCCCCCCCCCCCCCCCC(=O)OCC1O[C@@H](OC)C(O)C(O)[C@@H]1O. The molecule has 190 valence electrons. The van der Waals surface area contributed by atoms with Gasteiger partial charge in [-0.25, -0.2) is 0 Å². The van der Waals surface area contributed by atoms with E-state index in [4.69, 9.17) is 14.2 Å². The lowest BCUT2D eigenvalue weighted by Gasteiger charge is -2.39. The van der Waals surface area contributed by atoms with Gasteiger partial charge in [0.2, 0.25) is 0 Å². The summed E-state index contributed by atoms with van der Waals surface area (Å²) >= 11 is 0. The molecular formula is C25H48O7. The fourth-order valence-corrected chi connectivity index (χ4v) is 4.14. The number of methoxy groups -OCH3 is 1. The van der Waals surface area contributed by atoms with Crippen LogP contribution in [0, 0.1) is 0 Å². The Morgan fingerprint density at radius 2 is 1.19 bits per heavy atom. The van der Waals surface area contributed by atoms with Gasteiger partial charge in [-0.05, 0) is 6.42 Å². The summed E-state index contributed by atoms with van der Waals surface area (Å²) in [6.07, 6.45) is 13.3. The highest BCUT2D eigenvalue weighted by molar-refractivity contribution is 5.69. The third kappa shape index (κ3) is 12.5. The van der Waals surface area contributed by atoms with Gasteiger partial charge in [0.05, 0.1) is 0 Å². The molecule has 0 radical (unpaired) electrons. The molecule has 32 heavy (non-hydrogen) atoms. The molecule has 7 heteroatoms. The van der Waals surface area contributed by atoms with Gasteiger partial charge in [-0.3, -0.25) is 4.79 Å². The molecule has 0 saturated carbocycles. The number of aliphatic hydroxyl groups excluding tert-OH is 3. The Morgan fingerprint density at radius 1 is 0.719 bits per heavy atom. The molecule has 1 fully saturated rings. The lowest BCUT2D eigenvalue weighted by Crippen LogP contribution is -2.59. The summed E-state index contributed by atoms with van der Waals surface area (Å²) in [7, 11) is 1.33. The van der Waals surface area contributed by atoms with Crippen LogP contribution in [0.15, 0.2) is 0 Å². The molecule has 1 aliphatic heterocycles. The maximum Gasteiger partial charge on any atom is 0.305 e. The predicted octanol–water partition coefficient (Wildman–Crippen LogP) is 4.25. The molecule has 1 saturated heterocycles. The van der Waals surface area contributed by atoms with Crippen LogP contribution in [0.1, 0.15) is 110 Å². The van der Waals surface area contributed by atoms with E-state index >= 15 is 0 Å². The van der Waals surface area contributed by atoms with Crippen LogP contribution in [-0.2, 0) is 19.0 Å². The first kappa shape index (κ1) is 29.3. The Balaban J connectivity index is 1.92. The third-order valence-electron chi connectivity index (χ3n) is 6.29. The van der Waals surface area contributed by atoms with Crippen LogP contribution in [0.2, 0.25) is 0 Å². The smallest absolute Gasteiger partial charge is 0.305 e. The number of esters is 1. The standard InChI is InChI=1S/C25H48O7/c1-3-4-5-6-7-8-9-10-11-12-13-14-15-16-17-18-21(26)31-19-20-22(27)23(28)24(29)25(30-2)32-20/h20,22-25,27-29H,3-19H2,1-2H3/t20?,22-,23?,24?,25-/m1/s1. The molecule has 3 unspecified atom stereocenters. The number of carbonyl (C=O) groups is 1. The molecule has 1 heterocycles. The lowest BCUT2D eigenvalue weighted by atomic mass is 9.99. The predicted molar refractivity (Wildman–Crippen MR) is 124 cm³/mol. The zero-order valence-electron chi connectivity index (χ0n) is 20.4. The molecule has 3 N–H and O–H groups in total. The largest absolute Gasteiger partial charge is 0.463 e. The second kappa shape index (κ2) is 18.7. The van der Waals surface area contributed by atoms with Crippen LogP contribution in [0.5, 0.6) is 0 Å². The van der Waals surface area contributed by atoms with Crippen molar-refractivity contribution in [1.29, 1.82) is 0 Å². The van der Waals surface area contributed by atoms with Crippen molar-refractivity contribution < 1.29 is 34.3 Å². The van der Waals surface area contributed by atoms with Gasteiger partial charge >= 0.3 is 5.97 Å². The van der Waals surface area contributed by atoms with Crippen LogP contribution in [0.25, 0.3) is 0 Å². The molecule has 1 aliphatic rings. The van der Waals surface area contributed by atoms with Crippen molar-refractivity contribution in [2.24, 2.45) is 0 Å². The van der Waals surface area contributed by atoms with Crippen molar-refractivity contribution in [2.45, 2.75) is 140 Å². The first-order chi connectivity index (χ1) is 15.5. The van der Waals surface area contributed by atoms with E-state index in [1.54, 1.807) is 0 Å². The molecule has 0 spiro atoms. The van der Waals surface area contributed by atoms with E-state index in [2.05, 4.69) is 6.92 Å². The summed E-state index contributed by atoms with van der Waals surface area (Å²) in [6, 6.07) is 0. The minimum absolute atomic E-state index is 0.178. The Hall–Kier alpha value is -0.730. The fourth-order valence-electron chi connectivity index (χ4n) is 4.14. The fraction of sp³-hybridized carbons (Fsp3) is 0.960. The number of carbonyl (C=O) groups excluding carboxylic acids is 1. The number of ether oxygens (including phenoxy) is 3. The van der Waals surface area contributed by atoms with E-state index in [1.165, 1.54) is 84.2 Å². The topological polar surface area (TPSA) is 105 Å². The van der Waals surface area contributed by atoms with Gasteiger partial charge < -0.3 is 29.5 Å². The maximum absolute atomic E-state index is 11.9. The Labute approximate surface area is 194 Å². The summed E-state index contributed by atoms with van der Waals surface area (Å²) in [4.78, 5) is 11.9. The molecule has 0 aromatic carbocycles. The number of hydrogen-bond donors (Lipinski definition) is 3. The molecule has 0 bridgehead atoms. The van der Waals surface area contributed by atoms with E-state index in [-0.39, 0.29) is 12.6 Å². The second-order valence-corrected chi connectivity index (χ2v) is 9.13. The zero-order valence-corrected chi connectivity index (χ0v) is 20.4. The van der Waals surface area contributed by atoms with E-state index in [1.807, 2.05) is 0 Å². The van der Waals surface area contributed by atoms with E-state index in [0.717, 1.165) is 19.3 Å². The van der Waals surface area contributed by atoms with Crippen molar-refractivity contribution in [1.82, 2.24) is 0 Å². The van der Waals surface area contributed by atoms with Crippen LogP contribution < -0.4 is 0 Å². The minimum Gasteiger partial charge on any atom is -0.463 e. The number of aliphatic hydroxyl groups is 3. The molecule has 0 aliphatic carbocycles. The van der Waals surface area contributed by atoms with E-state index < -0.39 is 30.7 Å². The molecule has 7 nitrogen and oxygen atoms in total. The van der Waals surface area contributed by atoms with Gasteiger partial charge in [0.25, 0.3) is 0 Å². The molecule has 0 aromatic rings. The van der Waals surface area contributed by atoms with E-state index in [0.29, 0.717) is 6.42 Å². The average Bonchev–Trinajstić information content (AvgIpc) is 2.79. The summed E-state index contributed by atoms with van der Waals surface area (Å²) in [5.74, 6) is -0.343.